The molecule has 7 aliphatic rings. The number of carbonyl (C=O) groups is 5. The third-order valence-corrected chi connectivity index (χ3v) is 17.0. The van der Waals surface area contributed by atoms with Crippen LogP contribution in [-0.4, -0.2) is 161 Å². The van der Waals surface area contributed by atoms with Gasteiger partial charge in [0, 0.05) is 116 Å². The van der Waals surface area contributed by atoms with Crippen molar-refractivity contribution in [3.8, 4) is 23.1 Å². The Kier molecular flexibility index (Phi) is 14.3. The number of carbonyl (C=O) groups excluding carboxylic acids is 5. The summed E-state index contributed by atoms with van der Waals surface area (Å²) in [5, 5.41) is 10.8. The van der Waals surface area contributed by atoms with Gasteiger partial charge in [-0.25, -0.2) is 9.99 Å². The number of hydrogen-bond acceptors (Lipinski definition) is 12. The molecule has 6 atom stereocenters. The number of likely N-dealkylation sites (tertiary alicyclic amines) is 1. The van der Waals surface area contributed by atoms with Crippen LogP contribution in [0.25, 0.3) is 27.7 Å². The molecule has 388 valence electrons. The topological polar surface area (TPSA) is 162 Å². The highest BCUT2D eigenvalue weighted by Crippen LogP contribution is 2.52. The summed E-state index contributed by atoms with van der Waals surface area (Å²) in [7, 11) is 1.66. The van der Waals surface area contributed by atoms with Gasteiger partial charge in [0.15, 0.2) is 0 Å². The van der Waals surface area contributed by atoms with Gasteiger partial charge >= 0.3 is 5.97 Å². The number of hydrogen-bond donors (Lipinski definition) is 1. The minimum atomic E-state index is -1.05. The summed E-state index contributed by atoms with van der Waals surface area (Å²) < 4.78 is 14.1. The lowest BCUT2D eigenvalue weighted by Gasteiger charge is -2.44. The smallest absolute Gasteiger partial charge is 0.325 e. The summed E-state index contributed by atoms with van der Waals surface area (Å²) in [6.07, 6.45) is 10.3. The Balaban J connectivity index is 0.927. The number of fused-ring (bicyclic) bond motifs is 7. The highest BCUT2D eigenvalue weighted by molar-refractivity contribution is 7.10. The van der Waals surface area contributed by atoms with E-state index in [4.69, 9.17) is 19.5 Å². The first-order valence-electron chi connectivity index (χ1n) is 26.5. The molecule has 7 heterocycles. The molecule has 1 N–H and O–H groups in total. The number of aryl methyl sites for hydroxylation is 1. The number of benzene rings is 1. The Bertz CT molecular complexity index is 2850. The Hall–Kier alpha value is -5.67. The third kappa shape index (κ3) is 10.2. The molecule has 10 rings (SSSR count). The number of aromatic nitrogens is 2. The first-order chi connectivity index (χ1) is 35.1. The molecule has 4 amide bonds. The van der Waals surface area contributed by atoms with Gasteiger partial charge in [-0.1, -0.05) is 52.7 Å². The van der Waals surface area contributed by atoms with Crippen molar-refractivity contribution >= 4 is 63.6 Å². The summed E-state index contributed by atoms with van der Waals surface area (Å²) in [6.45, 7) is 18.1. The minimum Gasteiger partial charge on any atom is -0.464 e. The predicted molar refractivity (Wildman–Crippen MR) is 281 cm³/mol. The Morgan fingerprint density at radius 2 is 1.85 bits per heavy atom. The molecule has 73 heavy (non-hydrogen) atoms. The summed E-state index contributed by atoms with van der Waals surface area (Å²) in [5.41, 5.74) is 6.18. The number of esters is 1. The Morgan fingerprint density at radius 1 is 1.04 bits per heavy atom. The average Bonchev–Trinajstić information content (AvgIpc) is 4.07. The van der Waals surface area contributed by atoms with E-state index in [1.165, 1.54) is 27.4 Å². The molecule has 5 fully saturated rings. The van der Waals surface area contributed by atoms with Crippen LogP contribution in [0.2, 0.25) is 0 Å². The number of amides is 4. The van der Waals surface area contributed by atoms with Gasteiger partial charge in [0.05, 0.1) is 54.1 Å². The zero-order valence-electron chi connectivity index (χ0n) is 43.6. The molecule has 2 aliphatic carbocycles. The number of nitrogens with zero attached hydrogens (tertiary/aromatic N) is 8. The SMILES string of the molecule is CCN1[C@H]2CCCN1C(=O)C1(Cc3nc(cs3)-c3ccc4c(c3)c(c(C3=CC5CC5=CN=C3)n4CC)CC(C)(C)COC2=O)CC1NC(=O)[C@H](C(C)C)N(C)C(=O)[C@H]1CCN(C(=O)C#CCN2CCOCC2)C1. The molecule has 1 aromatic carbocycles. The molecule has 3 unspecified atom stereocenters. The van der Waals surface area contributed by atoms with Crippen molar-refractivity contribution in [1.29, 1.82) is 0 Å². The van der Waals surface area contributed by atoms with Crippen LogP contribution >= 0.6 is 11.3 Å². The zero-order valence-corrected chi connectivity index (χ0v) is 44.4. The molecule has 17 heteroatoms. The molecular weight excluding hydrogens is 943 g/mol. The van der Waals surface area contributed by atoms with Gasteiger partial charge < -0.3 is 29.2 Å². The highest BCUT2D eigenvalue weighted by atomic mass is 32.1. The Labute approximate surface area is 433 Å². The maximum absolute atomic E-state index is 15.4. The second kappa shape index (κ2) is 20.6. The number of ether oxygens (including phenoxy) is 2. The second-order valence-corrected chi connectivity index (χ2v) is 23.2. The molecule has 2 saturated carbocycles. The molecule has 1 spiro atoms. The second-order valence-electron chi connectivity index (χ2n) is 22.3. The number of thiazole rings is 1. The summed E-state index contributed by atoms with van der Waals surface area (Å²) in [6, 6.07) is 4.52. The molecule has 16 nitrogen and oxygen atoms in total. The van der Waals surface area contributed by atoms with Crippen LogP contribution in [0, 0.1) is 40.4 Å². The van der Waals surface area contributed by atoms with Crippen molar-refractivity contribution < 1.29 is 33.4 Å². The predicted octanol–water partition coefficient (Wildman–Crippen LogP) is 5.59. The number of aliphatic imine (C=N–C) groups is 1. The van der Waals surface area contributed by atoms with Crippen LogP contribution < -0.4 is 5.32 Å². The third-order valence-electron chi connectivity index (χ3n) is 16.2. The molecular formula is C56H71N9O7S. The summed E-state index contributed by atoms with van der Waals surface area (Å²) >= 11 is 1.51. The summed E-state index contributed by atoms with van der Waals surface area (Å²) in [5.74, 6) is 4.08. The van der Waals surface area contributed by atoms with E-state index in [2.05, 4.69) is 77.1 Å². The van der Waals surface area contributed by atoms with Crippen LogP contribution in [0.3, 0.4) is 0 Å². The van der Waals surface area contributed by atoms with E-state index >= 15 is 4.79 Å². The number of rotatable bonds is 9. The van der Waals surface area contributed by atoms with E-state index in [1.54, 1.807) is 17.0 Å². The lowest BCUT2D eigenvalue weighted by Crippen LogP contribution is -2.60. The van der Waals surface area contributed by atoms with E-state index in [9.17, 15) is 19.2 Å². The fourth-order valence-corrected chi connectivity index (χ4v) is 13.0. The van der Waals surface area contributed by atoms with Gasteiger partial charge in [-0.3, -0.25) is 38.9 Å². The van der Waals surface area contributed by atoms with E-state index in [1.807, 2.05) is 38.2 Å². The number of nitrogens with one attached hydrogen (secondary N) is 1. The fraction of sp³-hybridized carbons (Fsp3) is 0.589. The van der Waals surface area contributed by atoms with Crippen molar-refractivity contribution in [3.05, 3.63) is 57.7 Å². The van der Waals surface area contributed by atoms with Gasteiger partial charge in [0.2, 0.25) is 17.7 Å². The first kappa shape index (κ1) is 50.8. The number of allylic oxidation sites excluding steroid dienone is 3. The van der Waals surface area contributed by atoms with Crippen molar-refractivity contribution in [3.63, 3.8) is 0 Å². The normalized spacial score (nSPS) is 26.5. The standard InChI is InChI=1S/C56H71N9O7S/c1-8-63-44-15-14-36-26-41(44)42(50(63)40-25-38-24-39(38)30-57-31-40)27-55(5,6)34-72-53(69)45-12-10-18-65(64(45)9-2)54(70)56(29-47-58-43(36)33-73-47)28-46(56)59-51(67)49(35(3)4)60(7)52(68)37-16-19-62(32-37)48(66)13-11-17-61-20-22-71-23-21-61/h14-15,25-26,30-31,33,35,37-38,45-46,49H,8-10,12,16-24,27-29,32,34H2,1-7H3,(H,59,67)/t37-,38?,45-,46?,49-,56?/m0/s1. The number of hydrazine groups is 1. The lowest BCUT2D eigenvalue weighted by atomic mass is 9.84. The molecule has 0 radical (unpaired) electrons. The molecule has 2 aromatic heterocycles. The van der Waals surface area contributed by atoms with Crippen LogP contribution in [0.4, 0.5) is 0 Å². The number of cyclic esters (lactones) is 1. The maximum atomic E-state index is 15.4. The maximum Gasteiger partial charge on any atom is 0.325 e. The van der Waals surface area contributed by atoms with E-state index < -0.39 is 34.9 Å². The molecule has 5 aliphatic heterocycles. The van der Waals surface area contributed by atoms with Crippen LogP contribution in [-0.2, 0) is 52.8 Å². The molecule has 6 bridgehead atoms. The largest absolute Gasteiger partial charge is 0.464 e. The van der Waals surface area contributed by atoms with Crippen molar-refractivity contribution in [2.24, 2.45) is 33.6 Å². The van der Waals surface area contributed by atoms with Gasteiger partial charge in [-0.15, -0.1) is 11.3 Å². The van der Waals surface area contributed by atoms with Gasteiger partial charge in [-0.05, 0) is 80.6 Å². The summed E-state index contributed by atoms with van der Waals surface area (Å²) in [4.78, 5) is 86.9. The van der Waals surface area contributed by atoms with Crippen LogP contribution in [0.5, 0.6) is 0 Å². The van der Waals surface area contributed by atoms with Crippen molar-refractivity contribution in [1.82, 2.24) is 39.6 Å². The quantitative estimate of drug-likeness (QED) is 0.211. The van der Waals surface area contributed by atoms with Crippen LogP contribution in [0.15, 0.2) is 46.4 Å². The fourth-order valence-electron chi connectivity index (χ4n) is 12.0. The van der Waals surface area contributed by atoms with E-state index in [0.29, 0.717) is 77.4 Å². The average molecular weight is 1010 g/mol. The van der Waals surface area contributed by atoms with Crippen LogP contribution in [0.1, 0.15) is 89.9 Å². The van der Waals surface area contributed by atoms with Gasteiger partial charge in [-0.2, -0.15) is 0 Å². The first-order valence-corrected chi connectivity index (χ1v) is 27.4. The van der Waals surface area contributed by atoms with Gasteiger partial charge in [0.1, 0.15) is 12.1 Å². The number of morpholine rings is 1. The van der Waals surface area contributed by atoms with Crippen molar-refractivity contribution in [2.75, 3.05) is 72.7 Å². The minimum absolute atomic E-state index is 0.158. The molecule has 3 aromatic rings. The monoisotopic (exact) mass is 1010 g/mol. The zero-order chi connectivity index (χ0) is 51.3. The lowest BCUT2D eigenvalue weighted by molar-refractivity contribution is -0.179. The van der Waals surface area contributed by atoms with Crippen molar-refractivity contribution in [2.45, 2.75) is 111 Å². The van der Waals surface area contributed by atoms with Gasteiger partial charge in [0.25, 0.3) is 5.91 Å². The Morgan fingerprint density at radius 3 is 2.62 bits per heavy atom. The number of likely N-dealkylation sites (N-methyl/N-ethyl adjacent to an activating group) is 2. The van der Waals surface area contributed by atoms with E-state index in [-0.39, 0.29) is 55.1 Å². The molecule has 3 saturated heterocycles. The highest BCUT2D eigenvalue weighted by Gasteiger charge is 2.64. The van der Waals surface area contributed by atoms with E-state index in [0.717, 1.165) is 64.5 Å².